The molecular formula is C14H16N4O4. The fourth-order valence-electron chi connectivity index (χ4n) is 2.58. The van der Waals surface area contributed by atoms with Gasteiger partial charge in [0.15, 0.2) is 0 Å². The Bertz CT molecular complexity index is 618. The summed E-state index contributed by atoms with van der Waals surface area (Å²) in [5.74, 6) is 0. The van der Waals surface area contributed by atoms with Gasteiger partial charge in [0, 0.05) is 12.1 Å². The highest BCUT2D eigenvalue weighted by Crippen LogP contribution is 2.30. The van der Waals surface area contributed by atoms with E-state index in [-0.39, 0.29) is 23.4 Å². The number of nitrogens with one attached hydrogen (secondary N) is 1. The first-order chi connectivity index (χ1) is 10.5. The molecule has 0 unspecified atom stereocenters. The first kappa shape index (κ1) is 15.6. The SMILES string of the molecule is N#Cc1ccc(NC2CCC(OC(N)=O)CC2)c([N+](=O)[O-])c1. The number of carbonyl (C=O) groups excluding carboxylic acids is 1. The van der Waals surface area contributed by atoms with E-state index >= 15 is 0 Å². The second kappa shape index (κ2) is 6.76. The molecule has 1 aliphatic carbocycles. The van der Waals surface area contributed by atoms with Crippen LogP contribution < -0.4 is 11.1 Å². The number of nitro benzene ring substituents is 1. The lowest BCUT2D eigenvalue weighted by molar-refractivity contribution is -0.384. The van der Waals surface area contributed by atoms with E-state index in [2.05, 4.69) is 5.32 Å². The number of nitriles is 1. The minimum absolute atomic E-state index is 0.0550. The highest BCUT2D eigenvalue weighted by Gasteiger charge is 2.25. The molecule has 1 aromatic carbocycles. The number of rotatable bonds is 4. The summed E-state index contributed by atoms with van der Waals surface area (Å²) in [4.78, 5) is 21.3. The van der Waals surface area contributed by atoms with E-state index in [1.54, 1.807) is 6.07 Å². The van der Waals surface area contributed by atoms with Gasteiger partial charge in [0.2, 0.25) is 0 Å². The average molecular weight is 304 g/mol. The molecule has 0 spiro atoms. The summed E-state index contributed by atoms with van der Waals surface area (Å²) in [6.07, 6.45) is 1.78. The second-order valence-corrected chi connectivity index (χ2v) is 5.16. The van der Waals surface area contributed by atoms with Gasteiger partial charge in [0.05, 0.1) is 16.6 Å². The van der Waals surface area contributed by atoms with Gasteiger partial charge in [-0.25, -0.2) is 4.79 Å². The van der Waals surface area contributed by atoms with Crippen LogP contribution in [0.2, 0.25) is 0 Å². The second-order valence-electron chi connectivity index (χ2n) is 5.16. The molecule has 0 aliphatic heterocycles. The fourth-order valence-corrected chi connectivity index (χ4v) is 2.58. The maximum Gasteiger partial charge on any atom is 0.404 e. The lowest BCUT2D eigenvalue weighted by Gasteiger charge is -2.28. The third kappa shape index (κ3) is 3.85. The smallest absolute Gasteiger partial charge is 0.404 e. The molecule has 0 aromatic heterocycles. The molecule has 1 aliphatic rings. The summed E-state index contributed by atoms with van der Waals surface area (Å²) in [5, 5.41) is 23.0. The van der Waals surface area contributed by atoms with E-state index in [4.69, 9.17) is 15.7 Å². The number of amides is 1. The minimum atomic E-state index is -0.779. The molecule has 0 radical (unpaired) electrons. The van der Waals surface area contributed by atoms with Crippen molar-refractivity contribution in [2.75, 3.05) is 5.32 Å². The van der Waals surface area contributed by atoms with E-state index in [0.29, 0.717) is 18.5 Å². The fraction of sp³-hybridized carbons (Fsp3) is 0.429. The van der Waals surface area contributed by atoms with E-state index in [1.165, 1.54) is 12.1 Å². The van der Waals surface area contributed by atoms with Crippen LogP contribution in [0.5, 0.6) is 0 Å². The van der Waals surface area contributed by atoms with Crippen LogP contribution in [0.25, 0.3) is 0 Å². The Morgan fingerprint density at radius 1 is 1.41 bits per heavy atom. The van der Waals surface area contributed by atoms with Gasteiger partial charge in [-0.2, -0.15) is 5.26 Å². The van der Waals surface area contributed by atoms with Gasteiger partial charge in [0.1, 0.15) is 11.8 Å². The van der Waals surface area contributed by atoms with E-state index in [9.17, 15) is 14.9 Å². The summed E-state index contributed by atoms with van der Waals surface area (Å²) in [5.41, 5.74) is 5.51. The zero-order valence-electron chi connectivity index (χ0n) is 11.8. The third-order valence-electron chi connectivity index (χ3n) is 3.64. The molecule has 0 heterocycles. The zero-order valence-corrected chi connectivity index (χ0v) is 11.8. The van der Waals surface area contributed by atoms with Gasteiger partial charge in [-0.15, -0.1) is 0 Å². The summed E-state index contributed by atoms with van der Waals surface area (Å²) in [7, 11) is 0. The number of ether oxygens (including phenoxy) is 1. The predicted molar refractivity (Wildman–Crippen MR) is 78.1 cm³/mol. The largest absolute Gasteiger partial charge is 0.446 e. The number of nitrogens with zero attached hydrogens (tertiary/aromatic N) is 2. The number of nitrogens with two attached hydrogens (primary N) is 1. The van der Waals surface area contributed by atoms with Gasteiger partial charge in [-0.3, -0.25) is 10.1 Å². The molecule has 1 saturated carbocycles. The average Bonchev–Trinajstić information content (AvgIpc) is 2.49. The summed E-state index contributed by atoms with van der Waals surface area (Å²) < 4.78 is 4.95. The molecule has 8 nitrogen and oxygen atoms in total. The van der Waals surface area contributed by atoms with Crippen molar-refractivity contribution in [3.8, 4) is 6.07 Å². The standard InChI is InChI=1S/C14H16N4O4/c15-8-9-1-6-12(13(7-9)18(20)21)17-10-2-4-11(5-3-10)22-14(16)19/h1,6-7,10-11,17H,2-5H2,(H2,16,19). The Kier molecular flexibility index (Phi) is 4.78. The summed E-state index contributed by atoms with van der Waals surface area (Å²) in [6.45, 7) is 0. The van der Waals surface area contributed by atoms with Crippen LogP contribution in [0, 0.1) is 21.4 Å². The molecular weight excluding hydrogens is 288 g/mol. The lowest BCUT2D eigenvalue weighted by atomic mass is 9.92. The Morgan fingerprint density at radius 3 is 2.64 bits per heavy atom. The number of hydrogen-bond acceptors (Lipinski definition) is 6. The highest BCUT2D eigenvalue weighted by molar-refractivity contribution is 5.65. The number of carbonyl (C=O) groups is 1. The third-order valence-corrected chi connectivity index (χ3v) is 3.64. The Balaban J connectivity index is 2.02. The number of nitro groups is 1. The van der Waals surface area contributed by atoms with Gasteiger partial charge in [-0.1, -0.05) is 0 Å². The van der Waals surface area contributed by atoms with Crippen molar-refractivity contribution in [1.82, 2.24) is 0 Å². The molecule has 0 bridgehead atoms. The zero-order chi connectivity index (χ0) is 16.1. The Labute approximate surface area is 127 Å². The lowest BCUT2D eigenvalue weighted by Crippen LogP contribution is -2.32. The number of anilines is 1. The molecule has 8 heteroatoms. The molecule has 1 aromatic rings. The van der Waals surface area contributed by atoms with Crippen molar-refractivity contribution in [2.45, 2.75) is 37.8 Å². The van der Waals surface area contributed by atoms with Gasteiger partial charge in [0.25, 0.3) is 5.69 Å². The van der Waals surface area contributed by atoms with Crippen molar-refractivity contribution < 1.29 is 14.5 Å². The number of benzene rings is 1. The van der Waals surface area contributed by atoms with E-state index in [0.717, 1.165) is 12.8 Å². The highest BCUT2D eigenvalue weighted by atomic mass is 16.6. The quantitative estimate of drug-likeness (QED) is 0.648. The summed E-state index contributed by atoms with van der Waals surface area (Å²) >= 11 is 0. The maximum absolute atomic E-state index is 11.1. The van der Waals surface area contributed by atoms with Crippen molar-refractivity contribution in [1.29, 1.82) is 5.26 Å². The van der Waals surface area contributed by atoms with Crippen LogP contribution in [0.3, 0.4) is 0 Å². The van der Waals surface area contributed by atoms with E-state index in [1.807, 2.05) is 6.07 Å². The van der Waals surface area contributed by atoms with Crippen molar-refractivity contribution in [2.24, 2.45) is 5.73 Å². The van der Waals surface area contributed by atoms with Crippen LogP contribution in [0.1, 0.15) is 31.2 Å². The van der Waals surface area contributed by atoms with Crippen LogP contribution in [0.4, 0.5) is 16.2 Å². The van der Waals surface area contributed by atoms with Crippen LogP contribution in [0.15, 0.2) is 18.2 Å². The van der Waals surface area contributed by atoms with Gasteiger partial charge < -0.3 is 15.8 Å². The Hall–Kier alpha value is -2.82. The minimum Gasteiger partial charge on any atom is -0.446 e. The molecule has 22 heavy (non-hydrogen) atoms. The monoisotopic (exact) mass is 304 g/mol. The van der Waals surface area contributed by atoms with Gasteiger partial charge in [-0.05, 0) is 37.8 Å². The molecule has 2 rings (SSSR count). The van der Waals surface area contributed by atoms with Crippen LogP contribution >= 0.6 is 0 Å². The normalized spacial score (nSPS) is 20.7. The Morgan fingerprint density at radius 2 is 2.09 bits per heavy atom. The summed E-state index contributed by atoms with van der Waals surface area (Å²) in [6, 6.07) is 6.28. The topological polar surface area (TPSA) is 131 Å². The van der Waals surface area contributed by atoms with Crippen LogP contribution in [-0.4, -0.2) is 23.2 Å². The predicted octanol–water partition coefficient (Wildman–Crippen LogP) is 2.28. The number of hydrogen-bond donors (Lipinski definition) is 2. The van der Waals surface area contributed by atoms with Crippen molar-refractivity contribution in [3.63, 3.8) is 0 Å². The van der Waals surface area contributed by atoms with Crippen molar-refractivity contribution >= 4 is 17.5 Å². The van der Waals surface area contributed by atoms with E-state index < -0.39 is 11.0 Å². The molecule has 1 amide bonds. The van der Waals surface area contributed by atoms with Crippen molar-refractivity contribution in [3.05, 3.63) is 33.9 Å². The molecule has 1 fully saturated rings. The molecule has 0 saturated heterocycles. The van der Waals surface area contributed by atoms with Crippen LogP contribution in [-0.2, 0) is 4.74 Å². The maximum atomic E-state index is 11.1. The molecule has 0 atom stereocenters. The first-order valence-electron chi connectivity index (χ1n) is 6.90. The molecule has 116 valence electrons. The molecule has 3 N–H and O–H groups in total. The first-order valence-corrected chi connectivity index (χ1v) is 6.90. The number of primary amides is 1. The van der Waals surface area contributed by atoms with Gasteiger partial charge >= 0.3 is 6.09 Å².